The summed E-state index contributed by atoms with van der Waals surface area (Å²) in [7, 11) is 0. The van der Waals surface area contributed by atoms with Gasteiger partial charge >= 0.3 is 5.97 Å². The molecule has 0 aliphatic carbocycles. The molecule has 0 radical (unpaired) electrons. The van der Waals surface area contributed by atoms with Gasteiger partial charge in [-0.05, 0) is 19.3 Å². The third-order valence-corrected chi connectivity index (χ3v) is 6.65. The van der Waals surface area contributed by atoms with Crippen LogP contribution in [-0.4, -0.2) is 22.3 Å². The van der Waals surface area contributed by atoms with Crippen molar-refractivity contribution in [3.8, 4) is 0 Å². The number of carboxylic acid groups (broad SMARTS) is 1. The van der Waals surface area contributed by atoms with Crippen LogP contribution in [0.5, 0.6) is 0 Å². The fraction of sp³-hybridized carbons (Fsp3) is 0.964. The van der Waals surface area contributed by atoms with Gasteiger partial charge in [-0.3, -0.25) is 4.79 Å². The Morgan fingerprint density at radius 2 is 0.774 bits per heavy atom. The highest BCUT2D eigenvalue weighted by Crippen LogP contribution is 2.16. The summed E-state index contributed by atoms with van der Waals surface area (Å²) in [6.45, 7) is 2.06. The van der Waals surface area contributed by atoms with E-state index in [1.54, 1.807) is 0 Å². The molecule has 0 aromatic carbocycles. The van der Waals surface area contributed by atoms with Gasteiger partial charge < -0.3 is 10.2 Å². The van der Waals surface area contributed by atoms with Gasteiger partial charge in [0.05, 0.1) is 6.10 Å². The Labute approximate surface area is 194 Å². The smallest absolute Gasteiger partial charge is 0.303 e. The SMILES string of the molecule is CCC(O)CCCCCCCCCCCCCCCCCCCCCCCCC(=O)O. The Kier molecular flexibility index (Phi) is 25.2. The van der Waals surface area contributed by atoms with Crippen molar-refractivity contribution in [3.05, 3.63) is 0 Å². The Bertz CT molecular complexity index is 356. The molecular formula is C28H56O3. The first kappa shape index (κ1) is 30.4. The first-order valence-electron chi connectivity index (χ1n) is 14.1. The van der Waals surface area contributed by atoms with Crippen LogP contribution in [0.2, 0.25) is 0 Å². The summed E-state index contributed by atoms with van der Waals surface area (Å²) in [5.74, 6) is -0.655. The normalized spacial score (nSPS) is 12.3. The molecule has 2 N–H and O–H groups in total. The lowest BCUT2D eigenvalue weighted by molar-refractivity contribution is -0.137. The molecule has 0 amide bonds. The fourth-order valence-corrected chi connectivity index (χ4v) is 4.40. The Balaban J connectivity index is 3.03. The van der Waals surface area contributed by atoms with Gasteiger partial charge in [0.1, 0.15) is 0 Å². The lowest BCUT2D eigenvalue weighted by atomic mass is 10.0. The van der Waals surface area contributed by atoms with Crippen molar-refractivity contribution in [2.75, 3.05) is 0 Å². The molecule has 3 heteroatoms. The van der Waals surface area contributed by atoms with Crippen molar-refractivity contribution in [2.24, 2.45) is 0 Å². The molecule has 0 aromatic heterocycles. The summed E-state index contributed by atoms with van der Waals surface area (Å²) in [5, 5.41) is 18.1. The molecular weight excluding hydrogens is 384 g/mol. The predicted molar refractivity (Wildman–Crippen MR) is 135 cm³/mol. The van der Waals surface area contributed by atoms with Gasteiger partial charge in [0.25, 0.3) is 0 Å². The number of hydrogen-bond donors (Lipinski definition) is 2. The fourth-order valence-electron chi connectivity index (χ4n) is 4.40. The maximum absolute atomic E-state index is 10.4. The highest BCUT2D eigenvalue weighted by Gasteiger charge is 2.00. The molecule has 31 heavy (non-hydrogen) atoms. The second kappa shape index (κ2) is 25.7. The highest BCUT2D eigenvalue weighted by molar-refractivity contribution is 5.66. The standard InChI is InChI=1S/C28H56O3/c1-2-27(29)25-23-21-19-17-15-13-11-9-7-5-3-4-6-8-10-12-14-16-18-20-22-24-26-28(30)31/h27,29H,2-26H2,1H3,(H,30,31). The van der Waals surface area contributed by atoms with Crippen LogP contribution < -0.4 is 0 Å². The van der Waals surface area contributed by atoms with Gasteiger partial charge in [0.2, 0.25) is 0 Å². The molecule has 0 saturated heterocycles. The van der Waals surface area contributed by atoms with E-state index in [1.165, 1.54) is 128 Å². The van der Waals surface area contributed by atoms with Crippen LogP contribution in [0, 0.1) is 0 Å². The lowest BCUT2D eigenvalue weighted by Crippen LogP contribution is -2.03. The molecule has 0 saturated carbocycles. The monoisotopic (exact) mass is 440 g/mol. The minimum absolute atomic E-state index is 0.0647. The summed E-state index contributed by atoms with van der Waals surface area (Å²) in [5.41, 5.74) is 0. The van der Waals surface area contributed by atoms with Crippen LogP contribution in [0.3, 0.4) is 0 Å². The third-order valence-electron chi connectivity index (χ3n) is 6.65. The van der Waals surface area contributed by atoms with Gasteiger partial charge in [-0.25, -0.2) is 0 Å². The zero-order valence-electron chi connectivity index (χ0n) is 21.1. The van der Waals surface area contributed by atoms with E-state index in [9.17, 15) is 9.90 Å². The Hall–Kier alpha value is -0.570. The Morgan fingerprint density at radius 1 is 0.516 bits per heavy atom. The number of carboxylic acids is 1. The first-order valence-corrected chi connectivity index (χ1v) is 14.1. The molecule has 0 fully saturated rings. The number of unbranched alkanes of at least 4 members (excludes halogenated alkanes) is 21. The van der Waals surface area contributed by atoms with Crippen molar-refractivity contribution >= 4 is 5.97 Å². The summed E-state index contributed by atoms with van der Waals surface area (Å²) in [4.78, 5) is 10.4. The number of rotatable bonds is 26. The topological polar surface area (TPSA) is 57.5 Å². The molecule has 0 aromatic rings. The molecule has 0 spiro atoms. The molecule has 1 atom stereocenters. The second-order valence-corrected chi connectivity index (χ2v) is 9.77. The molecule has 0 aliphatic rings. The zero-order valence-corrected chi connectivity index (χ0v) is 21.1. The number of aliphatic hydroxyl groups is 1. The van der Waals surface area contributed by atoms with Crippen molar-refractivity contribution < 1.29 is 15.0 Å². The summed E-state index contributed by atoms with van der Waals surface area (Å²) in [6.07, 6.45) is 31.5. The minimum Gasteiger partial charge on any atom is -0.481 e. The van der Waals surface area contributed by atoms with Crippen LogP contribution >= 0.6 is 0 Å². The van der Waals surface area contributed by atoms with Crippen LogP contribution in [0.4, 0.5) is 0 Å². The highest BCUT2D eigenvalue weighted by atomic mass is 16.4. The molecule has 0 bridgehead atoms. The van der Waals surface area contributed by atoms with E-state index in [2.05, 4.69) is 6.92 Å². The summed E-state index contributed by atoms with van der Waals surface area (Å²) in [6, 6.07) is 0. The molecule has 3 nitrogen and oxygen atoms in total. The molecule has 1 unspecified atom stereocenters. The predicted octanol–water partition coefficient (Wildman–Crippen LogP) is 9.20. The van der Waals surface area contributed by atoms with Crippen LogP contribution in [0.25, 0.3) is 0 Å². The van der Waals surface area contributed by atoms with Gasteiger partial charge in [0, 0.05) is 6.42 Å². The van der Waals surface area contributed by atoms with E-state index < -0.39 is 5.97 Å². The average molecular weight is 441 g/mol. The molecule has 0 heterocycles. The lowest BCUT2D eigenvalue weighted by Gasteiger charge is -2.06. The Morgan fingerprint density at radius 3 is 1.03 bits per heavy atom. The quantitative estimate of drug-likeness (QED) is 0.132. The number of aliphatic carboxylic acids is 1. The average Bonchev–Trinajstić information content (AvgIpc) is 2.76. The van der Waals surface area contributed by atoms with Crippen molar-refractivity contribution in [3.63, 3.8) is 0 Å². The molecule has 0 rings (SSSR count). The van der Waals surface area contributed by atoms with Crippen molar-refractivity contribution in [1.82, 2.24) is 0 Å². The van der Waals surface area contributed by atoms with E-state index in [1.807, 2.05) is 0 Å². The maximum Gasteiger partial charge on any atom is 0.303 e. The van der Waals surface area contributed by atoms with Gasteiger partial charge in [-0.2, -0.15) is 0 Å². The summed E-state index contributed by atoms with van der Waals surface area (Å²) >= 11 is 0. The largest absolute Gasteiger partial charge is 0.481 e. The van der Waals surface area contributed by atoms with Crippen LogP contribution in [-0.2, 0) is 4.79 Å². The van der Waals surface area contributed by atoms with Crippen molar-refractivity contribution in [1.29, 1.82) is 0 Å². The maximum atomic E-state index is 10.4. The number of hydrogen-bond acceptors (Lipinski definition) is 2. The van der Waals surface area contributed by atoms with Crippen LogP contribution in [0.1, 0.15) is 167 Å². The van der Waals surface area contributed by atoms with E-state index >= 15 is 0 Å². The summed E-state index contributed by atoms with van der Waals surface area (Å²) < 4.78 is 0. The van der Waals surface area contributed by atoms with E-state index in [4.69, 9.17) is 5.11 Å². The molecule has 0 aliphatic heterocycles. The van der Waals surface area contributed by atoms with E-state index in [-0.39, 0.29) is 6.10 Å². The number of carbonyl (C=O) groups is 1. The van der Waals surface area contributed by atoms with E-state index in [0.717, 1.165) is 25.7 Å². The van der Waals surface area contributed by atoms with Gasteiger partial charge in [-0.15, -0.1) is 0 Å². The molecule has 186 valence electrons. The van der Waals surface area contributed by atoms with Crippen molar-refractivity contribution in [2.45, 2.75) is 174 Å². The first-order chi connectivity index (χ1) is 15.2. The van der Waals surface area contributed by atoms with Gasteiger partial charge in [-0.1, -0.05) is 142 Å². The minimum atomic E-state index is -0.655. The van der Waals surface area contributed by atoms with Gasteiger partial charge in [0.15, 0.2) is 0 Å². The zero-order chi connectivity index (χ0) is 22.8. The van der Waals surface area contributed by atoms with E-state index in [0.29, 0.717) is 6.42 Å². The number of aliphatic hydroxyl groups excluding tert-OH is 1. The second-order valence-electron chi connectivity index (χ2n) is 9.77. The third kappa shape index (κ3) is 27.4. The van der Waals surface area contributed by atoms with Crippen LogP contribution in [0.15, 0.2) is 0 Å².